The van der Waals surface area contributed by atoms with Gasteiger partial charge in [0.2, 0.25) is 0 Å². The molecular weight excluding hydrogens is 208 g/mol. The van der Waals surface area contributed by atoms with E-state index in [-0.39, 0.29) is 10.8 Å². The molecule has 2 aliphatic carbocycles. The Morgan fingerprint density at radius 1 is 1.12 bits per heavy atom. The number of rotatable bonds is 1. The third-order valence-electron chi connectivity index (χ3n) is 6.14. The lowest BCUT2D eigenvalue weighted by atomic mass is 9.62. The lowest BCUT2D eigenvalue weighted by Crippen LogP contribution is -2.44. The van der Waals surface area contributed by atoms with E-state index in [0.717, 1.165) is 18.4 Å². The van der Waals surface area contributed by atoms with Crippen molar-refractivity contribution in [1.29, 1.82) is 0 Å². The summed E-state index contributed by atoms with van der Waals surface area (Å²) >= 11 is 0. The monoisotopic (exact) mass is 230 g/mol. The largest absolute Gasteiger partial charge is 0.385 e. The first kappa shape index (κ1) is 11.3. The first-order valence-electron chi connectivity index (χ1n) is 6.70. The SMILES string of the molecule is CC1(C)[C@@H]2CC[C@@]1(C)[C@](O)(c1ccccc1)C2. The number of fused-ring (bicyclic) bond motifs is 2. The molecular formula is C16H22O. The van der Waals surface area contributed by atoms with Crippen molar-refractivity contribution in [3.8, 4) is 0 Å². The van der Waals surface area contributed by atoms with Crippen LogP contribution >= 0.6 is 0 Å². The molecule has 2 aliphatic rings. The van der Waals surface area contributed by atoms with E-state index in [1.165, 1.54) is 6.42 Å². The highest BCUT2D eigenvalue weighted by Crippen LogP contribution is 2.72. The molecule has 3 rings (SSSR count). The van der Waals surface area contributed by atoms with Gasteiger partial charge in [0.25, 0.3) is 0 Å². The molecule has 92 valence electrons. The van der Waals surface area contributed by atoms with Crippen LogP contribution in [-0.4, -0.2) is 5.11 Å². The van der Waals surface area contributed by atoms with Crippen LogP contribution in [0.1, 0.15) is 45.6 Å². The van der Waals surface area contributed by atoms with Gasteiger partial charge in [-0.3, -0.25) is 0 Å². The molecule has 0 amide bonds. The maximum Gasteiger partial charge on any atom is 0.0957 e. The predicted molar refractivity (Wildman–Crippen MR) is 69.6 cm³/mol. The Morgan fingerprint density at radius 3 is 2.24 bits per heavy atom. The van der Waals surface area contributed by atoms with E-state index in [4.69, 9.17) is 0 Å². The van der Waals surface area contributed by atoms with Gasteiger partial charge in [-0.2, -0.15) is 0 Å². The highest BCUT2D eigenvalue weighted by Gasteiger charge is 2.68. The van der Waals surface area contributed by atoms with Gasteiger partial charge in [-0.1, -0.05) is 51.1 Å². The van der Waals surface area contributed by atoms with E-state index >= 15 is 0 Å². The van der Waals surface area contributed by atoms with E-state index < -0.39 is 5.60 Å². The highest BCUT2D eigenvalue weighted by atomic mass is 16.3. The molecule has 1 aromatic carbocycles. The van der Waals surface area contributed by atoms with Crippen molar-refractivity contribution in [3.63, 3.8) is 0 Å². The molecule has 2 saturated carbocycles. The predicted octanol–water partition coefficient (Wildman–Crippen LogP) is 3.72. The second kappa shape index (κ2) is 3.14. The van der Waals surface area contributed by atoms with Crippen LogP contribution in [0.4, 0.5) is 0 Å². The fourth-order valence-electron chi connectivity index (χ4n) is 4.43. The van der Waals surface area contributed by atoms with Gasteiger partial charge < -0.3 is 5.11 Å². The minimum atomic E-state index is -0.624. The Kier molecular flexibility index (Phi) is 2.08. The number of aliphatic hydroxyl groups is 1. The average molecular weight is 230 g/mol. The summed E-state index contributed by atoms with van der Waals surface area (Å²) in [5.74, 6) is 0.665. The van der Waals surface area contributed by atoms with E-state index in [9.17, 15) is 5.11 Å². The molecule has 0 radical (unpaired) electrons. The summed E-state index contributed by atoms with van der Waals surface area (Å²) in [6, 6.07) is 10.3. The Balaban J connectivity index is 2.13. The standard InChI is InChI=1S/C16H22O/c1-14(2)13-9-10-15(14,3)16(17,11-13)12-7-5-4-6-8-12/h4-8,13,17H,9-11H2,1-3H3/t13-,15-,16-/m1/s1. The molecule has 0 unspecified atom stereocenters. The Labute approximate surface area is 104 Å². The first-order chi connectivity index (χ1) is 7.92. The van der Waals surface area contributed by atoms with E-state index in [1.807, 2.05) is 18.2 Å². The van der Waals surface area contributed by atoms with Crippen LogP contribution in [0.5, 0.6) is 0 Å². The average Bonchev–Trinajstić information content (AvgIpc) is 2.62. The Hall–Kier alpha value is -0.820. The van der Waals surface area contributed by atoms with E-state index in [2.05, 4.69) is 32.9 Å². The minimum Gasteiger partial charge on any atom is -0.385 e. The number of hydrogen-bond acceptors (Lipinski definition) is 1. The zero-order chi connectivity index (χ0) is 12.3. The van der Waals surface area contributed by atoms with E-state index in [0.29, 0.717) is 5.92 Å². The molecule has 0 aromatic heterocycles. The smallest absolute Gasteiger partial charge is 0.0957 e. The van der Waals surface area contributed by atoms with Gasteiger partial charge in [0, 0.05) is 5.41 Å². The summed E-state index contributed by atoms with van der Waals surface area (Å²) in [6.07, 6.45) is 3.36. The van der Waals surface area contributed by atoms with Crippen LogP contribution in [0, 0.1) is 16.7 Å². The van der Waals surface area contributed by atoms with Crippen molar-refractivity contribution in [2.75, 3.05) is 0 Å². The van der Waals surface area contributed by atoms with Crippen molar-refractivity contribution >= 4 is 0 Å². The quantitative estimate of drug-likeness (QED) is 0.779. The number of hydrogen-bond donors (Lipinski definition) is 1. The van der Waals surface area contributed by atoms with Gasteiger partial charge >= 0.3 is 0 Å². The van der Waals surface area contributed by atoms with Gasteiger partial charge in [0.1, 0.15) is 0 Å². The van der Waals surface area contributed by atoms with Gasteiger partial charge in [-0.05, 0) is 36.2 Å². The lowest BCUT2D eigenvalue weighted by molar-refractivity contribution is -0.0957. The van der Waals surface area contributed by atoms with Crippen LogP contribution in [0.15, 0.2) is 30.3 Å². The molecule has 0 aliphatic heterocycles. The Morgan fingerprint density at radius 2 is 1.76 bits per heavy atom. The molecule has 1 nitrogen and oxygen atoms in total. The normalized spacial score (nSPS) is 42.9. The topological polar surface area (TPSA) is 20.2 Å². The zero-order valence-corrected chi connectivity index (χ0v) is 11.0. The molecule has 0 heterocycles. The fourth-order valence-corrected chi connectivity index (χ4v) is 4.43. The minimum absolute atomic E-state index is 0.0199. The third-order valence-corrected chi connectivity index (χ3v) is 6.14. The second-order valence-corrected chi connectivity index (χ2v) is 6.72. The highest BCUT2D eigenvalue weighted by molar-refractivity contribution is 5.31. The van der Waals surface area contributed by atoms with Gasteiger partial charge in [0.05, 0.1) is 5.60 Å². The summed E-state index contributed by atoms with van der Waals surface area (Å²) in [7, 11) is 0. The molecule has 3 atom stereocenters. The van der Waals surface area contributed by atoms with Crippen molar-refractivity contribution in [3.05, 3.63) is 35.9 Å². The molecule has 17 heavy (non-hydrogen) atoms. The summed E-state index contributed by atoms with van der Waals surface area (Å²) in [5.41, 5.74) is 0.752. The van der Waals surface area contributed by atoms with Gasteiger partial charge in [-0.15, -0.1) is 0 Å². The second-order valence-electron chi connectivity index (χ2n) is 6.72. The molecule has 1 aromatic rings. The van der Waals surface area contributed by atoms with Crippen LogP contribution < -0.4 is 0 Å². The fraction of sp³-hybridized carbons (Fsp3) is 0.625. The van der Waals surface area contributed by atoms with E-state index in [1.54, 1.807) is 0 Å². The molecule has 2 bridgehead atoms. The molecule has 1 heteroatoms. The summed E-state index contributed by atoms with van der Waals surface area (Å²) in [6.45, 7) is 6.96. The van der Waals surface area contributed by atoms with Crippen molar-refractivity contribution in [1.82, 2.24) is 0 Å². The van der Waals surface area contributed by atoms with Crippen molar-refractivity contribution in [2.24, 2.45) is 16.7 Å². The van der Waals surface area contributed by atoms with Crippen molar-refractivity contribution < 1.29 is 5.11 Å². The molecule has 2 fully saturated rings. The summed E-state index contributed by atoms with van der Waals surface area (Å²) in [5, 5.41) is 11.2. The first-order valence-corrected chi connectivity index (χ1v) is 6.70. The van der Waals surface area contributed by atoms with Crippen LogP contribution in [0.2, 0.25) is 0 Å². The maximum absolute atomic E-state index is 11.2. The number of benzene rings is 1. The lowest BCUT2D eigenvalue weighted by Gasteiger charge is -2.45. The Bertz CT molecular complexity index is 436. The zero-order valence-electron chi connectivity index (χ0n) is 11.0. The summed E-state index contributed by atoms with van der Waals surface area (Å²) in [4.78, 5) is 0. The maximum atomic E-state index is 11.2. The molecule has 1 N–H and O–H groups in total. The van der Waals surface area contributed by atoms with Crippen LogP contribution in [0.25, 0.3) is 0 Å². The van der Waals surface area contributed by atoms with Gasteiger partial charge in [-0.25, -0.2) is 0 Å². The third kappa shape index (κ3) is 1.14. The van der Waals surface area contributed by atoms with Crippen LogP contribution in [0.3, 0.4) is 0 Å². The molecule has 0 saturated heterocycles. The van der Waals surface area contributed by atoms with Crippen LogP contribution in [-0.2, 0) is 5.60 Å². The molecule has 0 spiro atoms. The van der Waals surface area contributed by atoms with Gasteiger partial charge in [0.15, 0.2) is 0 Å². The van der Waals surface area contributed by atoms with Crippen molar-refractivity contribution in [2.45, 2.75) is 45.6 Å². The summed E-state index contributed by atoms with van der Waals surface area (Å²) < 4.78 is 0.